The molecule has 0 spiro atoms. The molecule has 0 amide bonds. The molecule has 31 heavy (non-hydrogen) atoms. The lowest BCUT2D eigenvalue weighted by molar-refractivity contribution is -0.383. The van der Waals surface area contributed by atoms with Gasteiger partial charge in [0.2, 0.25) is 11.6 Å². The number of nitro groups is 1. The van der Waals surface area contributed by atoms with Crippen LogP contribution in [-0.4, -0.2) is 27.5 Å². The van der Waals surface area contributed by atoms with Crippen LogP contribution < -0.4 is 10.6 Å². The number of para-hydroxylation sites is 1. The normalized spacial score (nSPS) is 10.6. The Balaban J connectivity index is 1.82. The van der Waals surface area contributed by atoms with Gasteiger partial charge in [0.25, 0.3) is 0 Å². The first-order valence-corrected chi connectivity index (χ1v) is 9.71. The van der Waals surface area contributed by atoms with E-state index in [0.29, 0.717) is 23.5 Å². The second-order valence-corrected chi connectivity index (χ2v) is 7.31. The Kier molecular flexibility index (Phi) is 6.76. The average molecular weight is 421 g/mol. The first-order valence-electron chi connectivity index (χ1n) is 9.71. The molecule has 160 valence electrons. The minimum Gasteiger partial charge on any atom is -0.462 e. The highest BCUT2D eigenvalue weighted by molar-refractivity contribution is 5.90. The summed E-state index contributed by atoms with van der Waals surface area (Å²) in [6.45, 7) is 6.14. The van der Waals surface area contributed by atoms with E-state index in [1.165, 1.54) is 6.33 Å². The lowest BCUT2D eigenvalue weighted by Gasteiger charge is -2.12. The van der Waals surface area contributed by atoms with Gasteiger partial charge in [0, 0.05) is 11.4 Å². The predicted molar refractivity (Wildman–Crippen MR) is 118 cm³/mol. The van der Waals surface area contributed by atoms with Gasteiger partial charge >= 0.3 is 11.7 Å². The molecule has 0 radical (unpaired) electrons. The van der Waals surface area contributed by atoms with Crippen LogP contribution in [0, 0.1) is 23.0 Å². The summed E-state index contributed by atoms with van der Waals surface area (Å²) in [5, 5.41) is 17.7. The van der Waals surface area contributed by atoms with Crippen molar-refractivity contribution >= 4 is 34.7 Å². The molecular weight excluding hydrogens is 398 g/mol. The Morgan fingerprint density at radius 3 is 2.32 bits per heavy atom. The summed E-state index contributed by atoms with van der Waals surface area (Å²) in [4.78, 5) is 31.3. The summed E-state index contributed by atoms with van der Waals surface area (Å²) in [6, 6.07) is 13.8. The Hall–Kier alpha value is -4.01. The van der Waals surface area contributed by atoms with Crippen LogP contribution in [-0.2, 0) is 4.74 Å². The summed E-state index contributed by atoms with van der Waals surface area (Å²) in [7, 11) is 0. The van der Waals surface area contributed by atoms with Gasteiger partial charge in [-0.3, -0.25) is 10.1 Å². The van der Waals surface area contributed by atoms with Crippen molar-refractivity contribution in [2.24, 2.45) is 5.92 Å². The Morgan fingerprint density at radius 1 is 1.06 bits per heavy atom. The predicted octanol–water partition coefficient (Wildman–Crippen LogP) is 4.99. The first kappa shape index (κ1) is 21.7. The van der Waals surface area contributed by atoms with Crippen LogP contribution in [0.15, 0.2) is 54.9 Å². The van der Waals surface area contributed by atoms with Crippen LogP contribution in [0.4, 0.5) is 28.7 Å². The Bertz CT molecular complexity index is 1080. The summed E-state index contributed by atoms with van der Waals surface area (Å²) in [5.41, 5.74) is 2.27. The standard InChI is InChI=1S/C22H23N5O4/c1-14(2)12-31-22(28)16-8-10-17(11-9-16)25-20-19(27(29)30)21(24-13-23-20)26-18-7-5-4-6-15(18)3/h4-11,13-14H,12H2,1-3H3,(H2,23,24,25,26). The molecule has 0 aliphatic heterocycles. The maximum atomic E-state index is 12.0. The number of rotatable bonds is 8. The van der Waals surface area contributed by atoms with E-state index in [9.17, 15) is 14.9 Å². The van der Waals surface area contributed by atoms with Crippen molar-refractivity contribution in [1.82, 2.24) is 9.97 Å². The van der Waals surface area contributed by atoms with Crippen LogP contribution in [0.5, 0.6) is 0 Å². The number of carbonyl (C=O) groups excluding carboxylic acids is 1. The fourth-order valence-corrected chi connectivity index (χ4v) is 2.73. The highest BCUT2D eigenvalue weighted by atomic mass is 16.6. The number of benzene rings is 2. The number of aromatic nitrogens is 2. The third-order valence-electron chi connectivity index (χ3n) is 4.33. The molecule has 1 heterocycles. The zero-order chi connectivity index (χ0) is 22.4. The van der Waals surface area contributed by atoms with Gasteiger partial charge in [-0.25, -0.2) is 14.8 Å². The third-order valence-corrected chi connectivity index (χ3v) is 4.33. The minimum atomic E-state index is -0.541. The van der Waals surface area contributed by atoms with Gasteiger partial charge in [0.05, 0.1) is 17.1 Å². The van der Waals surface area contributed by atoms with Crippen molar-refractivity contribution in [1.29, 1.82) is 0 Å². The Morgan fingerprint density at radius 2 is 1.71 bits per heavy atom. The topological polar surface area (TPSA) is 119 Å². The highest BCUT2D eigenvalue weighted by Crippen LogP contribution is 2.33. The monoisotopic (exact) mass is 421 g/mol. The molecular formula is C22H23N5O4. The van der Waals surface area contributed by atoms with Gasteiger partial charge in [0.15, 0.2) is 0 Å². The summed E-state index contributed by atoms with van der Waals surface area (Å²) < 4.78 is 5.20. The molecule has 1 aromatic heterocycles. The fourth-order valence-electron chi connectivity index (χ4n) is 2.73. The molecule has 0 saturated carbocycles. The smallest absolute Gasteiger partial charge is 0.353 e. The van der Waals surface area contributed by atoms with E-state index in [1.807, 2.05) is 45.0 Å². The largest absolute Gasteiger partial charge is 0.462 e. The van der Waals surface area contributed by atoms with Gasteiger partial charge < -0.3 is 15.4 Å². The number of nitrogens with zero attached hydrogens (tertiary/aromatic N) is 3. The third kappa shape index (κ3) is 5.53. The fraction of sp³-hybridized carbons (Fsp3) is 0.227. The quantitative estimate of drug-likeness (QED) is 0.296. The lowest BCUT2D eigenvalue weighted by Crippen LogP contribution is -2.10. The summed E-state index contributed by atoms with van der Waals surface area (Å²) in [6.07, 6.45) is 1.24. The molecule has 2 aromatic carbocycles. The molecule has 2 N–H and O–H groups in total. The number of nitrogens with one attached hydrogen (secondary N) is 2. The number of esters is 1. The van der Waals surface area contributed by atoms with E-state index in [2.05, 4.69) is 20.6 Å². The SMILES string of the molecule is Cc1ccccc1Nc1ncnc(Nc2ccc(C(=O)OCC(C)C)cc2)c1[N+](=O)[O-]. The molecule has 9 heteroatoms. The van der Waals surface area contributed by atoms with Crippen LogP contribution in [0.25, 0.3) is 0 Å². The van der Waals surface area contributed by atoms with Crippen molar-refractivity contribution in [2.45, 2.75) is 20.8 Å². The van der Waals surface area contributed by atoms with Gasteiger partial charge in [-0.1, -0.05) is 32.0 Å². The number of hydrogen-bond donors (Lipinski definition) is 2. The van der Waals surface area contributed by atoms with Crippen molar-refractivity contribution in [2.75, 3.05) is 17.2 Å². The number of anilines is 4. The molecule has 3 rings (SSSR count). The van der Waals surface area contributed by atoms with Gasteiger partial charge in [-0.15, -0.1) is 0 Å². The van der Waals surface area contributed by atoms with E-state index < -0.39 is 10.9 Å². The van der Waals surface area contributed by atoms with E-state index in [1.54, 1.807) is 24.3 Å². The lowest BCUT2D eigenvalue weighted by atomic mass is 10.2. The molecule has 3 aromatic rings. The van der Waals surface area contributed by atoms with E-state index in [-0.39, 0.29) is 23.2 Å². The van der Waals surface area contributed by atoms with Crippen molar-refractivity contribution in [3.8, 4) is 0 Å². The Labute approximate surface area is 179 Å². The van der Waals surface area contributed by atoms with Crippen molar-refractivity contribution < 1.29 is 14.5 Å². The maximum Gasteiger partial charge on any atom is 0.353 e. The molecule has 0 fully saturated rings. The van der Waals surface area contributed by atoms with E-state index in [0.717, 1.165) is 5.56 Å². The number of hydrogen-bond acceptors (Lipinski definition) is 8. The second-order valence-electron chi connectivity index (χ2n) is 7.31. The van der Waals surface area contributed by atoms with Gasteiger partial charge in [-0.05, 0) is 48.7 Å². The molecule has 0 aliphatic carbocycles. The van der Waals surface area contributed by atoms with Gasteiger partial charge in [0.1, 0.15) is 6.33 Å². The second kappa shape index (κ2) is 9.66. The summed E-state index contributed by atoms with van der Waals surface area (Å²) >= 11 is 0. The molecule has 0 atom stereocenters. The molecule has 0 unspecified atom stereocenters. The highest BCUT2D eigenvalue weighted by Gasteiger charge is 2.23. The first-order chi connectivity index (χ1) is 14.8. The number of aryl methyl sites for hydroxylation is 1. The minimum absolute atomic E-state index is 0.0335. The van der Waals surface area contributed by atoms with Crippen molar-refractivity contribution in [3.05, 3.63) is 76.1 Å². The van der Waals surface area contributed by atoms with Crippen LogP contribution >= 0.6 is 0 Å². The average Bonchev–Trinajstić information content (AvgIpc) is 2.74. The zero-order valence-electron chi connectivity index (χ0n) is 17.5. The zero-order valence-corrected chi connectivity index (χ0v) is 17.5. The van der Waals surface area contributed by atoms with Crippen LogP contribution in [0.3, 0.4) is 0 Å². The molecule has 0 aliphatic rings. The molecule has 0 saturated heterocycles. The van der Waals surface area contributed by atoms with Gasteiger partial charge in [-0.2, -0.15) is 0 Å². The van der Waals surface area contributed by atoms with Crippen molar-refractivity contribution in [3.63, 3.8) is 0 Å². The molecule has 0 bridgehead atoms. The van der Waals surface area contributed by atoms with E-state index in [4.69, 9.17) is 4.74 Å². The number of carbonyl (C=O) groups is 1. The number of ether oxygens (including phenoxy) is 1. The maximum absolute atomic E-state index is 12.0. The molecule has 9 nitrogen and oxygen atoms in total. The summed E-state index contributed by atoms with van der Waals surface area (Å²) in [5.74, 6) is -0.0689. The van der Waals surface area contributed by atoms with E-state index >= 15 is 0 Å². The van der Waals surface area contributed by atoms with Crippen LogP contribution in [0.1, 0.15) is 29.8 Å². The van der Waals surface area contributed by atoms with Crippen LogP contribution in [0.2, 0.25) is 0 Å².